The summed E-state index contributed by atoms with van der Waals surface area (Å²) < 4.78 is 75.9. The van der Waals surface area contributed by atoms with E-state index in [4.69, 9.17) is 0 Å². The highest BCUT2D eigenvalue weighted by Crippen LogP contribution is 2.29. The second-order valence-corrected chi connectivity index (χ2v) is 8.29. The van der Waals surface area contributed by atoms with Gasteiger partial charge in [-0.05, 0) is 30.3 Å². The molecule has 2 N–H and O–H groups in total. The van der Waals surface area contributed by atoms with Gasteiger partial charge in [-0.3, -0.25) is 0 Å². The highest BCUT2D eigenvalue weighted by molar-refractivity contribution is 7.91. The van der Waals surface area contributed by atoms with Gasteiger partial charge in [-0.15, -0.1) is 0 Å². The van der Waals surface area contributed by atoms with Crippen molar-refractivity contribution in [2.75, 3.05) is 16.4 Å². The fourth-order valence-electron chi connectivity index (χ4n) is 2.36. The molecule has 0 spiro atoms. The number of anilines is 4. The molecular weight excluding hydrogens is 426 g/mol. The Labute approximate surface area is 169 Å². The predicted molar refractivity (Wildman–Crippen MR) is 102 cm³/mol. The number of pyridine rings is 1. The zero-order valence-electron chi connectivity index (χ0n) is 15.4. The van der Waals surface area contributed by atoms with Gasteiger partial charge in [0.15, 0.2) is 9.84 Å². The second kappa shape index (κ2) is 8.22. The third-order valence-electron chi connectivity index (χ3n) is 3.95. The van der Waals surface area contributed by atoms with E-state index < -0.39 is 27.4 Å². The molecule has 0 amide bonds. The lowest BCUT2D eigenvalue weighted by molar-refractivity contribution is -0.137. The molecule has 0 saturated carbocycles. The van der Waals surface area contributed by atoms with Gasteiger partial charge in [0.05, 0.1) is 21.9 Å². The summed E-state index contributed by atoms with van der Waals surface area (Å²) >= 11 is 0. The van der Waals surface area contributed by atoms with Gasteiger partial charge in [0.2, 0.25) is 0 Å². The fourth-order valence-corrected chi connectivity index (χ4v) is 3.27. The number of alkyl halides is 3. The van der Waals surface area contributed by atoms with Crippen LogP contribution in [-0.4, -0.2) is 29.1 Å². The lowest BCUT2D eigenvalue weighted by Crippen LogP contribution is -2.06. The van der Waals surface area contributed by atoms with Gasteiger partial charge in [-0.2, -0.15) is 13.2 Å². The number of hydrogen-bond acceptors (Lipinski definition) is 7. The first-order valence-electron chi connectivity index (χ1n) is 8.50. The van der Waals surface area contributed by atoms with Crippen LogP contribution in [-0.2, 0) is 16.0 Å². The van der Waals surface area contributed by atoms with Crippen LogP contribution < -0.4 is 10.6 Å². The minimum Gasteiger partial charge on any atom is -0.338 e. The van der Waals surface area contributed by atoms with Crippen LogP contribution in [0.25, 0.3) is 0 Å². The monoisotopic (exact) mass is 441 g/mol. The lowest BCUT2D eigenvalue weighted by atomic mass is 10.3. The summed E-state index contributed by atoms with van der Waals surface area (Å²) in [6.07, 6.45) is -2.68. The summed E-state index contributed by atoms with van der Waals surface area (Å²) in [5.41, 5.74) is -1.00. The van der Waals surface area contributed by atoms with Crippen LogP contribution in [0.5, 0.6) is 0 Å². The Morgan fingerprint density at radius 2 is 1.63 bits per heavy atom. The Morgan fingerprint density at radius 3 is 2.23 bits per heavy atom. The fraction of sp³-hybridized carbons (Fsp3) is 0.167. The molecule has 158 valence electrons. The maximum absolute atomic E-state index is 14.1. The molecule has 0 aliphatic rings. The molecule has 3 aromatic rings. The number of halogens is 4. The van der Waals surface area contributed by atoms with Crippen LogP contribution in [0.1, 0.15) is 12.5 Å². The average molecular weight is 441 g/mol. The Balaban J connectivity index is 1.80. The maximum Gasteiger partial charge on any atom is 0.417 e. The van der Waals surface area contributed by atoms with E-state index in [0.717, 1.165) is 30.6 Å². The van der Waals surface area contributed by atoms with Gasteiger partial charge < -0.3 is 10.6 Å². The van der Waals surface area contributed by atoms with Gasteiger partial charge >= 0.3 is 6.18 Å². The molecule has 1 aromatic carbocycles. The molecule has 0 aliphatic heterocycles. The van der Waals surface area contributed by atoms with E-state index in [2.05, 4.69) is 25.6 Å². The van der Waals surface area contributed by atoms with Gasteiger partial charge in [0, 0.05) is 12.3 Å². The Bertz CT molecular complexity index is 1150. The molecule has 12 heteroatoms. The van der Waals surface area contributed by atoms with Gasteiger partial charge in [0.1, 0.15) is 29.6 Å². The minimum absolute atomic E-state index is 0.0461. The minimum atomic E-state index is -4.50. The molecule has 0 unspecified atom stereocenters. The lowest BCUT2D eigenvalue weighted by Gasteiger charge is -2.11. The van der Waals surface area contributed by atoms with Crippen molar-refractivity contribution in [2.45, 2.75) is 18.0 Å². The highest BCUT2D eigenvalue weighted by Gasteiger charge is 2.30. The maximum atomic E-state index is 14.1. The van der Waals surface area contributed by atoms with E-state index >= 15 is 0 Å². The number of hydrogen-bond donors (Lipinski definition) is 2. The Morgan fingerprint density at radius 1 is 0.933 bits per heavy atom. The molecule has 2 aromatic heterocycles. The van der Waals surface area contributed by atoms with Crippen LogP contribution in [0.2, 0.25) is 0 Å². The number of nitrogens with one attached hydrogen (secondary N) is 2. The van der Waals surface area contributed by atoms with Gasteiger partial charge in [-0.25, -0.2) is 27.8 Å². The van der Waals surface area contributed by atoms with Crippen molar-refractivity contribution in [1.29, 1.82) is 0 Å². The molecule has 2 heterocycles. The normalized spacial score (nSPS) is 11.9. The van der Waals surface area contributed by atoms with E-state index in [9.17, 15) is 26.0 Å². The first kappa shape index (κ1) is 21.4. The Hall–Kier alpha value is -3.28. The molecule has 0 atom stereocenters. The van der Waals surface area contributed by atoms with E-state index in [1.54, 1.807) is 0 Å². The zero-order chi connectivity index (χ0) is 21.9. The summed E-state index contributed by atoms with van der Waals surface area (Å²) in [6, 6.07) is 6.71. The number of sulfone groups is 1. The summed E-state index contributed by atoms with van der Waals surface area (Å²) in [5.74, 6) is -0.418. The van der Waals surface area contributed by atoms with Crippen LogP contribution in [0, 0.1) is 5.82 Å². The first-order chi connectivity index (χ1) is 14.1. The molecule has 30 heavy (non-hydrogen) atoms. The van der Waals surface area contributed by atoms with Crippen LogP contribution in [0.3, 0.4) is 0 Å². The molecule has 0 fully saturated rings. The standard InChI is InChI=1S/C18H15F4N5O2S/c1-2-30(28,29)12-4-5-13(19)14(7-12)26-16-8-17(25-10-24-16)27-15-6-3-11(9-23-15)18(20,21)22/h3-10H,2H2,1H3,(H2,23,24,25,26,27). The van der Waals surface area contributed by atoms with Crippen molar-refractivity contribution >= 4 is 33.0 Å². The van der Waals surface area contributed by atoms with E-state index in [-0.39, 0.29) is 33.8 Å². The van der Waals surface area contributed by atoms with Crippen LogP contribution >= 0.6 is 0 Å². The molecule has 7 nitrogen and oxygen atoms in total. The van der Waals surface area contributed by atoms with Crippen molar-refractivity contribution in [2.24, 2.45) is 0 Å². The zero-order valence-corrected chi connectivity index (χ0v) is 16.2. The largest absolute Gasteiger partial charge is 0.417 e. The average Bonchev–Trinajstić information content (AvgIpc) is 2.69. The first-order valence-corrected chi connectivity index (χ1v) is 10.2. The number of nitrogens with zero attached hydrogens (tertiary/aromatic N) is 3. The number of benzene rings is 1. The third-order valence-corrected chi connectivity index (χ3v) is 5.69. The summed E-state index contributed by atoms with van der Waals surface area (Å²) in [5, 5.41) is 5.37. The molecule has 0 saturated heterocycles. The van der Waals surface area contributed by atoms with Crippen molar-refractivity contribution in [3.63, 3.8) is 0 Å². The van der Waals surface area contributed by atoms with Crippen molar-refractivity contribution < 1.29 is 26.0 Å². The van der Waals surface area contributed by atoms with Gasteiger partial charge in [0.25, 0.3) is 0 Å². The summed E-state index contributed by atoms with van der Waals surface area (Å²) in [6.45, 7) is 1.48. The van der Waals surface area contributed by atoms with Crippen molar-refractivity contribution in [3.8, 4) is 0 Å². The predicted octanol–water partition coefficient (Wildman–Crippen LogP) is 4.31. The second-order valence-electron chi connectivity index (χ2n) is 6.01. The Kier molecular flexibility index (Phi) is 5.87. The van der Waals surface area contributed by atoms with E-state index in [1.165, 1.54) is 19.1 Å². The molecule has 0 aliphatic carbocycles. The van der Waals surface area contributed by atoms with E-state index in [1.807, 2.05) is 0 Å². The smallest absolute Gasteiger partial charge is 0.338 e. The van der Waals surface area contributed by atoms with Crippen molar-refractivity contribution in [1.82, 2.24) is 15.0 Å². The summed E-state index contributed by atoms with van der Waals surface area (Å²) in [4.78, 5) is 11.5. The van der Waals surface area contributed by atoms with Gasteiger partial charge in [-0.1, -0.05) is 6.92 Å². The molecule has 3 rings (SSSR count). The quantitative estimate of drug-likeness (QED) is 0.435. The van der Waals surface area contributed by atoms with Crippen molar-refractivity contribution in [3.05, 3.63) is 60.3 Å². The van der Waals surface area contributed by atoms with E-state index in [0.29, 0.717) is 6.20 Å². The molecule has 0 radical (unpaired) electrons. The third kappa shape index (κ3) is 5.00. The highest BCUT2D eigenvalue weighted by atomic mass is 32.2. The summed E-state index contributed by atoms with van der Waals surface area (Å²) in [7, 11) is -3.53. The topological polar surface area (TPSA) is 96.9 Å². The molecular formula is C18H15F4N5O2S. The van der Waals surface area contributed by atoms with Crippen LogP contribution in [0.15, 0.2) is 53.8 Å². The number of rotatable bonds is 6. The van der Waals surface area contributed by atoms with Crippen LogP contribution in [0.4, 0.5) is 40.7 Å². The number of aromatic nitrogens is 3. The molecule has 0 bridgehead atoms. The SMILES string of the molecule is CCS(=O)(=O)c1ccc(F)c(Nc2cc(Nc3ccc(C(F)(F)F)cn3)ncn2)c1.